The molecule has 4 N–H and O–H groups in total. The number of allylic oxidation sites excluding steroid dienone is 4. The van der Waals surface area contributed by atoms with E-state index in [1.807, 2.05) is 25.1 Å². The Hall–Kier alpha value is -1.36. The second-order valence-corrected chi connectivity index (χ2v) is 6.35. The Balaban J connectivity index is 0. The minimum atomic E-state index is 0.500. The number of hydrogen-bond donors (Lipinski definition) is 3. The molecule has 3 nitrogen and oxygen atoms in total. The van der Waals surface area contributed by atoms with Gasteiger partial charge in [0.1, 0.15) is 0 Å². The molecular formula is C17H29N3S. The van der Waals surface area contributed by atoms with Crippen molar-refractivity contribution in [1.82, 2.24) is 4.98 Å². The van der Waals surface area contributed by atoms with Crippen LogP contribution >= 0.6 is 12.6 Å². The average Bonchev–Trinajstić information content (AvgIpc) is 2.42. The molecule has 0 amide bonds. The van der Waals surface area contributed by atoms with E-state index in [2.05, 4.69) is 70.2 Å². The maximum Gasteiger partial charge on any atom is 0.0705 e. The quantitative estimate of drug-likeness (QED) is 0.336. The Bertz CT molecular complexity index is 448. The fourth-order valence-corrected chi connectivity index (χ4v) is 1.29. The van der Waals surface area contributed by atoms with E-state index >= 15 is 0 Å². The first-order valence-electron chi connectivity index (χ1n) is 6.65. The number of rotatable bonds is 3. The van der Waals surface area contributed by atoms with Crippen molar-refractivity contribution in [3.63, 3.8) is 0 Å². The van der Waals surface area contributed by atoms with Gasteiger partial charge in [0.25, 0.3) is 0 Å². The van der Waals surface area contributed by atoms with Gasteiger partial charge in [-0.15, -0.1) is 12.6 Å². The van der Waals surface area contributed by atoms with E-state index in [1.165, 1.54) is 0 Å². The van der Waals surface area contributed by atoms with E-state index < -0.39 is 0 Å². The van der Waals surface area contributed by atoms with Crippen molar-refractivity contribution in [3.05, 3.63) is 54.9 Å². The summed E-state index contributed by atoms with van der Waals surface area (Å²) in [6.07, 6.45) is 5.43. The van der Waals surface area contributed by atoms with Crippen LogP contribution in [-0.4, -0.2) is 4.98 Å². The van der Waals surface area contributed by atoms with Crippen molar-refractivity contribution in [1.29, 1.82) is 0 Å². The van der Waals surface area contributed by atoms with Gasteiger partial charge in [-0.25, -0.2) is 0 Å². The first-order valence-corrected chi connectivity index (χ1v) is 7.10. The van der Waals surface area contributed by atoms with Gasteiger partial charge >= 0.3 is 0 Å². The summed E-state index contributed by atoms with van der Waals surface area (Å²) in [6.45, 7) is 18.3. The second-order valence-electron chi connectivity index (χ2n) is 5.83. The van der Waals surface area contributed by atoms with Gasteiger partial charge in [0.05, 0.1) is 5.69 Å². The highest BCUT2D eigenvalue weighted by Gasteiger charge is 2.02. The zero-order valence-corrected chi connectivity index (χ0v) is 14.7. The van der Waals surface area contributed by atoms with E-state index in [1.54, 1.807) is 12.3 Å². The molecule has 1 rings (SSSR count). The maximum atomic E-state index is 4.27. The molecule has 0 fully saturated rings. The van der Waals surface area contributed by atoms with Gasteiger partial charge in [0.15, 0.2) is 0 Å². The van der Waals surface area contributed by atoms with Crippen LogP contribution in [0.3, 0.4) is 0 Å². The number of nitrogens with two attached hydrogens (primary N) is 2. The highest BCUT2D eigenvalue weighted by atomic mass is 32.1. The molecule has 1 aromatic rings. The van der Waals surface area contributed by atoms with E-state index in [0.29, 0.717) is 5.41 Å². The van der Waals surface area contributed by atoms with E-state index in [-0.39, 0.29) is 0 Å². The fourth-order valence-electron chi connectivity index (χ4n) is 1.15. The lowest BCUT2D eigenvalue weighted by Crippen LogP contribution is -2.02. The molecule has 0 saturated heterocycles. The predicted molar refractivity (Wildman–Crippen MR) is 98.0 cm³/mol. The number of pyridine rings is 1. The van der Waals surface area contributed by atoms with Crippen molar-refractivity contribution in [2.45, 2.75) is 39.5 Å². The summed E-state index contributed by atoms with van der Waals surface area (Å²) in [6, 6.07) is 3.83. The normalized spacial score (nSPS) is 10.6. The highest BCUT2D eigenvalue weighted by Crippen LogP contribution is 2.21. The standard InChI is InChI=1S/C12H13NS.C5H12.H4N2/c1-4-9(3)11(5-2)12-7-6-10(14)8-13-12;1-5(2,3)4;1-2/h4-8,14H,1,3H2,2H3;1-4H3;1-2H2/b11-5+;;. The Kier molecular flexibility index (Phi) is 11.8. The molecule has 0 spiro atoms. The van der Waals surface area contributed by atoms with Gasteiger partial charge in [0.2, 0.25) is 0 Å². The molecule has 0 bridgehead atoms. The molecule has 0 atom stereocenters. The van der Waals surface area contributed by atoms with Crippen LogP contribution in [0.25, 0.3) is 5.57 Å². The highest BCUT2D eigenvalue weighted by molar-refractivity contribution is 7.80. The summed E-state index contributed by atoms with van der Waals surface area (Å²) < 4.78 is 0. The third-order valence-corrected chi connectivity index (χ3v) is 2.17. The molecule has 0 aliphatic carbocycles. The van der Waals surface area contributed by atoms with Crippen molar-refractivity contribution in [2.24, 2.45) is 17.1 Å². The lowest BCUT2D eigenvalue weighted by Gasteiger charge is -2.05. The van der Waals surface area contributed by atoms with Gasteiger partial charge in [-0.3, -0.25) is 16.7 Å². The molecule has 0 aliphatic rings. The Morgan fingerprint density at radius 2 is 1.71 bits per heavy atom. The average molecular weight is 308 g/mol. The fraction of sp³-hybridized carbons (Fsp3) is 0.353. The summed E-state index contributed by atoms with van der Waals surface area (Å²) in [4.78, 5) is 5.12. The molecule has 21 heavy (non-hydrogen) atoms. The topological polar surface area (TPSA) is 64.9 Å². The van der Waals surface area contributed by atoms with Crippen LogP contribution in [0.4, 0.5) is 0 Å². The largest absolute Gasteiger partial charge is 0.274 e. The smallest absolute Gasteiger partial charge is 0.0705 e. The summed E-state index contributed by atoms with van der Waals surface area (Å²) in [5.41, 5.74) is 3.29. The lowest BCUT2D eigenvalue weighted by molar-refractivity contribution is 0.469. The van der Waals surface area contributed by atoms with Crippen LogP contribution in [0, 0.1) is 5.41 Å². The van der Waals surface area contributed by atoms with Crippen molar-refractivity contribution in [2.75, 3.05) is 0 Å². The number of hydrazine groups is 1. The Morgan fingerprint density at radius 3 is 2.00 bits per heavy atom. The Morgan fingerprint density at radius 1 is 1.24 bits per heavy atom. The summed E-state index contributed by atoms with van der Waals surface area (Å²) in [7, 11) is 0. The van der Waals surface area contributed by atoms with Crippen LogP contribution in [-0.2, 0) is 0 Å². The van der Waals surface area contributed by atoms with Crippen LogP contribution in [0.15, 0.2) is 54.1 Å². The second kappa shape index (κ2) is 11.3. The van der Waals surface area contributed by atoms with Crippen molar-refractivity contribution < 1.29 is 0 Å². The third-order valence-electron chi connectivity index (χ3n) is 1.90. The molecule has 1 aromatic heterocycles. The number of hydrogen-bond acceptors (Lipinski definition) is 4. The zero-order chi connectivity index (χ0) is 17.1. The van der Waals surface area contributed by atoms with Crippen LogP contribution < -0.4 is 11.7 Å². The molecule has 0 aliphatic heterocycles. The molecule has 118 valence electrons. The molecule has 0 radical (unpaired) electrons. The van der Waals surface area contributed by atoms with Gasteiger partial charge in [0, 0.05) is 16.7 Å². The molecular weight excluding hydrogens is 278 g/mol. The number of thiol groups is 1. The first-order chi connectivity index (χ1) is 9.69. The SMILES string of the molecule is C=CC(=C)/C(=C\C)c1ccc(S)cn1.CC(C)(C)C.NN. The molecule has 4 heteroatoms. The van der Waals surface area contributed by atoms with Gasteiger partial charge in [-0.2, -0.15) is 0 Å². The maximum absolute atomic E-state index is 4.27. The van der Waals surface area contributed by atoms with Gasteiger partial charge in [-0.05, 0) is 30.0 Å². The minimum absolute atomic E-state index is 0.500. The molecule has 0 saturated carbocycles. The number of nitrogens with zero attached hydrogens (tertiary/aromatic N) is 1. The minimum Gasteiger partial charge on any atom is -0.274 e. The number of aromatic nitrogens is 1. The van der Waals surface area contributed by atoms with E-state index in [0.717, 1.165) is 21.7 Å². The van der Waals surface area contributed by atoms with Crippen LogP contribution in [0.2, 0.25) is 0 Å². The van der Waals surface area contributed by atoms with Crippen molar-refractivity contribution >= 4 is 18.2 Å². The summed E-state index contributed by atoms with van der Waals surface area (Å²) in [5, 5.41) is 0. The first kappa shape index (κ1) is 21.9. The zero-order valence-electron chi connectivity index (χ0n) is 13.9. The molecule has 0 unspecified atom stereocenters. The third kappa shape index (κ3) is 12.1. The van der Waals surface area contributed by atoms with Crippen molar-refractivity contribution in [3.8, 4) is 0 Å². The van der Waals surface area contributed by atoms with Crippen LogP contribution in [0.1, 0.15) is 40.3 Å². The van der Waals surface area contributed by atoms with Gasteiger partial charge in [-0.1, -0.05) is 53.0 Å². The lowest BCUT2D eigenvalue weighted by atomic mass is 10.0. The monoisotopic (exact) mass is 307 g/mol. The molecule has 0 aromatic carbocycles. The van der Waals surface area contributed by atoms with E-state index in [4.69, 9.17) is 0 Å². The van der Waals surface area contributed by atoms with Gasteiger partial charge < -0.3 is 0 Å². The van der Waals surface area contributed by atoms with E-state index in [9.17, 15) is 0 Å². The predicted octanol–water partition coefficient (Wildman–Crippen LogP) is 4.39. The summed E-state index contributed by atoms with van der Waals surface area (Å²) >= 11 is 4.18. The summed E-state index contributed by atoms with van der Waals surface area (Å²) in [5.74, 6) is 8.00. The Labute approximate surface area is 135 Å². The van der Waals surface area contributed by atoms with Crippen LogP contribution in [0.5, 0.6) is 0 Å². The molecule has 1 heterocycles.